The van der Waals surface area contributed by atoms with E-state index in [1.54, 1.807) is 39.3 Å². The second-order valence-corrected chi connectivity index (χ2v) is 7.21. The van der Waals surface area contributed by atoms with E-state index in [2.05, 4.69) is 15.1 Å². The number of esters is 1. The highest BCUT2D eigenvalue weighted by atomic mass is 16.5. The van der Waals surface area contributed by atoms with Gasteiger partial charge < -0.3 is 30.4 Å². The summed E-state index contributed by atoms with van der Waals surface area (Å²) in [5, 5.41) is 13.7. The van der Waals surface area contributed by atoms with Crippen molar-refractivity contribution in [2.45, 2.75) is 51.4 Å². The van der Waals surface area contributed by atoms with Crippen LogP contribution in [0.4, 0.5) is 0 Å². The summed E-state index contributed by atoms with van der Waals surface area (Å²) >= 11 is 0. The Kier molecular flexibility index (Phi) is 8.48. The van der Waals surface area contributed by atoms with Crippen LogP contribution in [0.3, 0.4) is 0 Å². The number of Topliss-reactive ketones (excluding diaryl/α,β-unsaturated/α-hetero) is 1. The van der Waals surface area contributed by atoms with Crippen molar-refractivity contribution in [3.05, 3.63) is 35.5 Å². The summed E-state index contributed by atoms with van der Waals surface area (Å²) < 4.78 is 10.4. The van der Waals surface area contributed by atoms with Crippen molar-refractivity contribution in [3.8, 4) is 5.75 Å². The van der Waals surface area contributed by atoms with Crippen LogP contribution in [0.5, 0.6) is 5.75 Å². The molecule has 10 heteroatoms. The minimum Gasteiger partial charge on any atom is -0.495 e. The summed E-state index contributed by atoms with van der Waals surface area (Å²) in [5.74, 6) is -1.38. The fraction of sp³-hybridized carbons (Fsp3) is 0.429. The van der Waals surface area contributed by atoms with Gasteiger partial charge in [0, 0.05) is 24.4 Å². The van der Waals surface area contributed by atoms with Crippen molar-refractivity contribution in [2.24, 2.45) is 0 Å². The number of aliphatic hydroxyl groups excluding tert-OH is 1. The Morgan fingerprint density at radius 3 is 2.71 bits per heavy atom. The number of methoxy groups -OCH3 is 1. The molecule has 166 valence electrons. The number of carbonyl (C=O) groups is 3. The maximum atomic E-state index is 12.5. The summed E-state index contributed by atoms with van der Waals surface area (Å²) in [6.45, 7) is 3.31. The Bertz CT molecular complexity index is 993. The van der Waals surface area contributed by atoms with Gasteiger partial charge in [0.05, 0.1) is 18.7 Å². The van der Waals surface area contributed by atoms with E-state index in [0.29, 0.717) is 17.5 Å². The molecule has 0 spiro atoms. The van der Waals surface area contributed by atoms with Crippen molar-refractivity contribution >= 4 is 34.8 Å². The minimum atomic E-state index is -1.44. The van der Waals surface area contributed by atoms with Crippen LogP contribution in [0.25, 0.3) is 16.4 Å². The van der Waals surface area contributed by atoms with Crippen molar-refractivity contribution < 1.29 is 33.8 Å². The lowest BCUT2D eigenvalue weighted by Gasteiger charge is -2.20. The number of ketones is 1. The number of hydrogen-bond acceptors (Lipinski definition) is 6. The standard InChI is InChI=1S/C21H26N4O6/c1-12(2)31-21(29)16(8-7-14(26)11-24-22)25-20(28)17(27)9-13-10-23-19-15(13)5-4-6-18(19)30-3/h4-6,10-12,16-17,23,27H,7-9H2,1-3H3,(H,25,28)/t16-,17-/m0/s1. The topological polar surface area (TPSA) is 154 Å². The number of rotatable bonds is 11. The molecule has 2 atom stereocenters. The summed E-state index contributed by atoms with van der Waals surface area (Å²) in [7, 11) is 1.55. The van der Waals surface area contributed by atoms with E-state index in [9.17, 15) is 19.5 Å². The monoisotopic (exact) mass is 430 g/mol. The molecule has 0 unspecified atom stereocenters. The first kappa shape index (κ1) is 23.8. The number of aliphatic hydroxyl groups is 1. The van der Waals surface area contributed by atoms with Crippen LogP contribution >= 0.6 is 0 Å². The Labute approximate surface area is 179 Å². The van der Waals surface area contributed by atoms with Crippen LogP contribution < -0.4 is 10.1 Å². The number of ether oxygens (including phenoxy) is 2. The van der Waals surface area contributed by atoms with Crippen molar-refractivity contribution in [1.82, 2.24) is 10.3 Å². The Morgan fingerprint density at radius 2 is 2.06 bits per heavy atom. The van der Waals surface area contributed by atoms with Crippen LogP contribution in [-0.2, 0) is 25.5 Å². The first-order valence-electron chi connectivity index (χ1n) is 9.79. The number of hydrogen-bond donors (Lipinski definition) is 3. The Morgan fingerprint density at radius 1 is 1.32 bits per heavy atom. The number of carbonyl (C=O) groups excluding carboxylic acids is 3. The highest BCUT2D eigenvalue weighted by molar-refractivity contribution is 6.25. The fourth-order valence-electron chi connectivity index (χ4n) is 3.07. The third-order valence-corrected chi connectivity index (χ3v) is 4.53. The third-order valence-electron chi connectivity index (χ3n) is 4.53. The van der Waals surface area contributed by atoms with E-state index in [1.807, 2.05) is 6.07 Å². The number of benzene rings is 1. The lowest BCUT2D eigenvalue weighted by molar-refractivity contribution is -0.152. The van der Waals surface area contributed by atoms with Gasteiger partial charge in [-0.05, 0) is 31.9 Å². The molecule has 0 radical (unpaired) electrons. The molecular formula is C21H26N4O6. The minimum absolute atomic E-state index is 0.00104. The number of fused-ring (bicyclic) bond motifs is 1. The van der Waals surface area contributed by atoms with Crippen LogP contribution in [-0.4, -0.2) is 64.1 Å². The van der Waals surface area contributed by atoms with Crippen molar-refractivity contribution in [3.63, 3.8) is 0 Å². The van der Waals surface area contributed by atoms with E-state index >= 15 is 0 Å². The second kappa shape index (κ2) is 11.1. The third kappa shape index (κ3) is 6.50. The molecular weight excluding hydrogens is 404 g/mol. The average Bonchev–Trinajstić information content (AvgIpc) is 3.13. The molecule has 0 saturated heterocycles. The number of aromatic nitrogens is 1. The normalized spacial score (nSPS) is 12.7. The zero-order valence-corrected chi connectivity index (χ0v) is 17.6. The summed E-state index contributed by atoms with van der Waals surface area (Å²) in [6.07, 6.45) is 0.316. The fourth-order valence-corrected chi connectivity index (χ4v) is 3.07. The van der Waals surface area contributed by atoms with Gasteiger partial charge >= 0.3 is 12.2 Å². The number of nitrogens with zero attached hydrogens (tertiary/aromatic N) is 2. The van der Waals surface area contributed by atoms with E-state index in [4.69, 9.17) is 15.0 Å². The molecule has 0 saturated carbocycles. The zero-order valence-electron chi connectivity index (χ0n) is 17.6. The average molecular weight is 430 g/mol. The first-order chi connectivity index (χ1) is 14.8. The molecule has 3 N–H and O–H groups in total. The van der Waals surface area contributed by atoms with Crippen LogP contribution in [0.2, 0.25) is 0 Å². The van der Waals surface area contributed by atoms with Crippen LogP contribution in [0.15, 0.2) is 24.4 Å². The zero-order chi connectivity index (χ0) is 23.0. The molecule has 1 amide bonds. The largest absolute Gasteiger partial charge is 0.495 e. The van der Waals surface area contributed by atoms with Gasteiger partial charge in [0.25, 0.3) is 0 Å². The lowest BCUT2D eigenvalue weighted by Crippen LogP contribution is -2.47. The summed E-state index contributed by atoms with van der Waals surface area (Å²) in [6, 6.07) is 4.30. The highest BCUT2D eigenvalue weighted by Crippen LogP contribution is 2.27. The van der Waals surface area contributed by atoms with Gasteiger partial charge in [-0.25, -0.2) is 4.79 Å². The molecule has 1 aromatic heterocycles. The molecule has 31 heavy (non-hydrogen) atoms. The van der Waals surface area contributed by atoms with Gasteiger partial charge in [-0.2, -0.15) is 4.79 Å². The number of nitrogens with one attached hydrogen (secondary N) is 2. The molecule has 10 nitrogen and oxygen atoms in total. The van der Waals surface area contributed by atoms with E-state index in [0.717, 1.165) is 10.9 Å². The molecule has 0 bridgehead atoms. The molecule has 0 aliphatic carbocycles. The SMILES string of the molecule is COc1cccc2c(C[C@H](O)C(=O)N[C@@H](CCC(=O)C=[N+]=[N-])C(=O)OC(C)C)c[nH]c12. The number of H-pyrrole nitrogens is 1. The maximum absolute atomic E-state index is 12.5. The van der Waals surface area contributed by atoms with Crippen LogP contribution in [0, 0.1) is 0 Å². The van der Waals surface area contributed by atoms with E-state index in [1.165, 1.54) is 0 Å². The molecule has 0 aliphatic rings. The van der Waals surface area contributed by atoms with Gasteiger partial charge in [0.15, 0.2) is 0 Å². The lowest BCUT2D eigenvalue weighted by atomic mass is 10.0. The first-order valence-corrected chi connectivity index (χ1v) is 9.79. The smallest absolute Gasteiger partial charge is 0.328 e. The van der Waals surface area contributed by atoms with Crippen molar-refractivity contribution in [1.29, 1.82) is 0 Å². The van der Waals surface area contributed by atoms with Crippen molar-refractivity contribution in [2.75, 3.05) is 7.11 Å². The number of para-hydroxylation sites is 1. The van der Waals surface area contributed by atoms with Gasteiger partial charge in [-0.1, -0.05) is 12.1 Å². The Balaban J connectivity index is 2.09. The van der Waals surface area contributed by atoms with Crippen LogP contribution in [0.1, 0.15) is 32.3 Å². The van der Waals surface area contributed by atoms with Gasteiger partial charge in [0.1, 0.15) is 17.9 Å². The predicted molar refractivity (Wildman–Crippen MR) is 112 cm³/mol. The summed E-state index contributed by atoms with van der Waals surface area (Å²) in [5.41, 5.74) is 9.87. The van der Waals surface area contributed by atoms with E-state index in [-0.39, 0.29) is 19.3 Å². The molecule has 1 aromatic carbocycles. The van der Waals surface area contributed by atoms with Gasteiger partial charge in [0.2, 0.25) is 11.7 Å². The Hall–Kier alpha value is -3.49. The molecule has 2 rings (SSSR count). The van der Waals surface area contributed by atoms with Gasteiger partial charge in [-0.15, -0.1) is 0 Å². The molecule has 1 heterocycles. The molecule has 2 aromatic rings. The summed E-state index contributed by atoms with van der Waals surface area (Å²) in [4.78, 5) is 42.1. The quantitative estimate of drug-likeness (QED) is 0.210. The number of amides is 1. The van der Waals surface area contributed by atoms with Gasteiger partial charge in [-0.3, -0.25) is 9.59 Å². The van der Waals surface area contributed by atoms with E-state index < -0.39 is 35.9 Å². The number of aromatic amines is 1. The maximum Gasteiger partial charge on any atom is 0.328 e. The molecule has 0 aliphatic heterocycles. The molecule has 0 fully saturated rings. The second-order valence-electron chi connectivity index (χ2n) is 7.21. The highest BCUT2D eigenvalue weighted by Gasteiger charge is 2.27. The predicted octanol–water partition coefficient (Wildman–Crippen LogP) is 1.17.